The topological polar surface area (TPSA) is 62.5 Å². The first-order valence-corrected chi connectivity index (χ1v) is 15.1. The van der Waals surface area contributed by atoms with Crippen LogP contribution in [0.2, 0.25) is 0 Å². The van der Waals surface area contributed by atoms with E-state index in [-0.39, 0.29) is 5.41 Å². The number of nitriles is 1. The fourth-order valence-corrected chi connectivity index (χ4v) is 6.55. The van der Waals surface area contributed by atoms with Crippen molar-refractivity contribution >= 4 is 10.8 Å². The van der Waals surface area contributed by atoms with Gasteiger partial charge in [0.25, 0.3) is 0 Å². The molecule has 0 aliphatic heterocycles. The van der Waals surface area contributed by atoms with E-state index in [0.717, 1.165) is 49.9 Å². The van der Waals surface area contributed by atoms with Gasteiger partial charge in [-0.2, -0.15) is 5.26 Å². The Kier molecular flexibility index (Phi) is 6.15. The Morgan fingerprint density at radius 2 is 1.09 bits per heavy atom. The third-order valence-electron chi connectivity index (χ3n) is 8.97. The predicted molar refractivity (Wildman–Crippen MR) is 181 cm³/mol. The summed E-state index contributed by atoms with van der Waals surface area (Å²) in [6.45, 7) is 4.48. The van der Waals surface area contributed by atoms with Crippen LogP contribution in [0.25, 0.3) is 67.2 Å². The molecule has 0 N–H and O–H groups in total. The monoisotopic (exact) mass is 576 g/mol. The van der Waals surface area contributed by atoms with Crippen molar-refractivity contribution in [2.75, 3.05) is 0 Å². The highest BCUT2D eigenvalue weighted by atomic mass is 15.0. The summed E-state index contributed by atoms with van der Waals surface area (Å²) < 4.78 is 0. The molecule has 0 atom stereocenters. The molecule has 0 saturated heterocycles. The molecule has 212 valence electrons. The number of aromatic nitrogens is 3. The molecule has 4 nitrogen and oxygen atoms in total. The zero-order chi connectivity index (χ0) is 30.5. The fourth-order valence-electron chi connectivity index (χ4n) is 6.55. The Balaban J connectivity index is 1.19. The molecular weight excluding hydrogens is 548 g/mol. The quantitative estimate of drug-likeness (QED) is 0.209. The Bertz CT molecular complexity index is 2300. The van der Waals surface area contributed by atoms with E-state index < -0.39 is 0 Å². The average Bonchev–Trinajstić information content (AvgIpc) is 3.34. The van der Waals surface area contributed by atoms with E-state index in [1.807, 2.05) is 54.6 Å². The smallest absolute Gasteiger partial charge is 0.164 e. The molecule has 1 heterocycles. The molecule has 1 aliphatic rings. The van der Waals surface area contributed by atoms with Gasteiger partial charge in [-0.15, -0.1) is 0 Å². The maximum Gasteiger partial charge on any atom is 0.164 e. The molecule has 45 heavy (non-hydrogen) atoms. The highest BCUT2D eigenvalue weighted by Crippen LogP contribution is 2.50. The van der Waals surface area contributed by atoms with Crippen LogP contribution in [0.3, 0.4) is 0 Å². The maximum absolute atomic E-state index is 9.79. The van der Waals surface area contributed by atoms with E-state index in [0.29, 0.717) is 17.5 Å². The lowest BCUT2D eigenvalue weighted by Crippen LogP contribution is -2.15. The van der Waals surface area contributed by atoms with Crippen LogP contribution < -0.4 is 0 Å². The minimum absolute atomic E-state index is 0.189. The Morgan fingerprint density at radius 1 is 0.489 bits per heavy atom. The van der Waals surface area contributed by atoms with Crippen LogP contribution in [0.15, 0.2) is 133 Å². The standard InChI is InChI=1S/C41H28N4/c1-41(2)35-14-8-13-33(25-42)37(35)34-22-21-31(24-36(34)41)27-15-18-29(19-16-27)39-43-38(28-10-4-3-5-11-28)44-40(45-39)32-20-17-26-9-6-7-12-30(26)23-32/h3-24H,1-2H3. The van der Waals surface area contributed by atoms with Gasteiger partial charge in [0.15, 0.2) is 17.5 Å². The van der Waals surface area contributed by atoms with Gasteiger partial charge in [0.1, 0.15) is 0 Å². The lowest BCUT2D eigenvalue weighted by molar-refractivity contribution is 0.660. The van der Waals surface area contributed by atoms with E-state index >= 15 is 0 Å². The second-order valence-corrected chi connectivity index (χ2v) is 12.0. The summed E-state index contributed by atoms with van der Waals surface area (Å²) in [5, 5.41) is 12.1. The van der Waals surface area contributed by atoms with Crippen LogP contribution in [0.1, 0.15) is 30.5 Å². The molecule has 8 rings (SSSR count). The summed E-state index contributed by atoms with van der Waals surface area (Å²) >= 11 is 0. The minimum Gasteiger partial charge on any atom is -0.208 e. The summed E-state index contributed by atoms with van der Waals surface area (Å²) in [5.41, 5.74) is 10.3. The minimum atomic E-state index is -0.189. The number of rotatable bonds is 4. The lowest BCUT2D eigenvalue weighted by Gasteiger charge is -2.22. The molecular formula is C41H28N4. The largest absolute Gasteiger partial charge is 0.208 e. The van der Waals surface area contributed by atoms with Gasteiger partial charge in [0, 0.05) is 27.7 Å². The van der Waals surface area contributed by atoms with Gasteiger partial charge in [-0.1, -0.05) is 129 Å². The van der Waals surface area contributed by atoms with Crippen molar-refractivity contribution in [1.29, 1.82) is 5.26 Å². The van der Waals surface area contributed by atoms with Gasteiger partial charge >= 0.3 is 0 Å². The lowest BCUT2D eigenvalue weighted by atomic mass is 9.81. The van der Waals surface area contributed by atoms with Gasteiger partial charge in [-0.25, -0.2) is 15.0 Å². The van der Waals surface area contributed by atoms with Crippen LogP contribution >= 0.6 is 0 Å². The van der Waals surface area contributed by atoms with Crippen molar-refractivity contribution < 1.29 is 0 Å². The second kappa shape index (κ2) is 10.4. The molecule has 0 spiro atoms. The van der Waals surface area contributed by atoms with Crippen LogP contribution in [-0.2, 0) is 5.41 Å². The van der Waals surface area contributed by atoms with E-state index in [1.54, 1.807) is 0 Å². The molecule has 6 aromatic carbocycles. The van der Waals surface area contributed by atoms with E-state index in [2.05, 4.69) is 98.8 Å². The first kappa shape index (κ1) is 26.7. The summed E-state index contributed by atoms with van der Waals surface area (Å²) in [7, 11) is 0. The van der Waals surface area contributed by atoms with E-state index in [4.69, 9.17) is 15.0 Å². The van der Waals surface area contributed by atoms with Crippen molar-refractivity contribution in [1.82, 2.24) is 15.0 Å². The molecule has 0 fully saturated rings. The average molecular weight is 577 g/mol. The molecule has 7 aromatic rings. The summed E-state index contributed by atoms with van der Waals surface area (Å²) in [6.07, 6.45) is 0. The Hall–Kier alpha value is -5.92. The van der Waals surface area contributed by atoms with Crippen LogP contribution in [-0.4, -0.2) is 15.0 Å². The molecule has 0 amide bonds. The van der Waals surface area contributed by atoms with Crippen molar-refractivity contribution in [3.05, 3.63) is 150 Å². The zero-order valence-corrected chi connectivity index (χ0v) is 25.0. The molecule has 4 heteroatoms. The fraction of sp³-hybridized carbons (Fsp3) is 0.0732. The number of hydrogen-bond acceptors (Lipinski definition) is 4. The highest BCUT2D eigenvalue weighted by molar-refractivity contribution is 5.88. The first-order valence-electron chi connectivity index (χ1n) is 15.1. The molecule has 1 aliphatic carbocycles. The Morgan fingerprint density at radius 3 is 1.82 bits per heavy atom. The summed E-state index contributed by atoms with van der Waals surface area (Å²) in [5.74, 6) is 1.92. The van der Waals surface area contributed by atoms with Gasteiger partial charge in [0.05, 0.1) is 11.6 Å². The van der Waals surface area contributed by atoms with E-state index in [9.17, 15) is 5.26 Å². The van der Waals surface area contributed by atoms with Gasteiger partial charge < -0.3 is 0 Å². The van der Waals surface area contributed by atoms with Crippen LogP contribution in [0.4, 0.5) is 0 Å². The molecule has 0 bridgehead atoms. The molecule has 1 aromatic heterocycles. The molecule has 0 saturated carbocycles. The van der Waals surface area contributed by atoms with Crippen molar-refractivity contribution in [2.45, 2.75) is 19.3 Å². The predicted octanol–water partition coefficient (Wildman–Crippen LogP) is 9.87. The number of nitrogens with zero attached hydrogens (tertiary/aromatic N) is 4. The molecule has 0 unspecified atom stereocenters. The van der Waals surface area contributed by atoms with E-state index in [1.165, 1.54) is 16.5 Å². The zero-order valence-electron chi connectivity index (χ0n) is 25.0. The van der Waals surface area contributed by atoms with Gasteiger partial charge in [0.2, 0.25) is 0 Å². The molecule has 0 radical (unpaired) electrons. The summed E-state index contributed by atoms with van der Waals surface area (Å²) in [6, 6.07) is 48.2. The number of hydrogen-bond donors (Lipinski definition) is 0. The summed E-state index contributed by atoms with van der Waals surface area (Å²) in [4.78, 5) is 14.8. The third kappa shape index (κ3) is 4.49. The van der Waals surface area contributed by atoms with Crippen LogP contribution in [0, 0.1) is 11.3 Å². The van der Waals surface area contributed by atoms with Crippen molar-refractivity contribution in [3.8, 4) is 62.5 Å². The van der Waals surface area contributed by atoms with Crippen molar-refractivity contribution in [2.24, 2.45) is 0 Å². The van der Waals surface area contributed by atoms with Gasteiger partial charge in [-0.05, 0) is 56.8 Å². The third-order valence-corrected chi connectivity index (χ3v) is 8.97. The van der Waals surface area contributed by atoms with Crippen LogP contribution in [0.5, 0.6) is 0 Å². The second-order valence-electron chi connectivity index (χ2n) is 12.0. The van der Waals surface area contributed by atoms with Crippen molar-refractivity contribution in [3.63, 3.8) is 0 Å². The van der Waals surface area contributed by atoms with Gasteiger partial charge in [-0.3, -0.25) is 0 Å². The normalized spacial score (nSPS) is 12.8. The first-order chi connectivity index (χ1) is 22.0. The number of fused-ring (bicyclic) bond motifs is 4. The maximum atomic E-state index is 9.79. The Labute approximate surface area is 262 Å². The number of benzene rings is 6. The SMILES string of the molecule is CC1(C)c2cc(-c3ccc(-c4nc(-c5ccccc5)nc(-c5ccc6ccccc6c5)n4)cc3)ccc2-c2c(C#N)cccc21. The highest BCUT2D eigenvalue weighted by Gasteiger charge is 2.36.